The van der Waals surface area contributed by atoms with Gasteiger partial charge in [0.25, 0.3) is 0 Å². The van der Waals surface area contributed by atoms with Crippen molar-refractivity contribution in [3.8, 4) is 23.0 Å². The highest BCUT2D eigenvalue weighted by molar-refractivity contribution is 5.79. The first-order valence-electron chi connectivity index (χ1n) is 11.3. The van der Waals surface area contributed by atoms with Gasteiger partial charge in [-0.05, 0) is 69.5 Å². The molecule has 7 nitrogen and oxygen atoms in total. The number of amides is 1. The summed E-state index contributed by atoms with van der Waals surface area (Å²) in [6.45, 7) is 9.49. The van der Waals surface area contributed by atoms with Crippen LogP contribution in [-0.4, -0.2) is 43.5 Å². The number of hydrogen-bond donors (Lipinski definition) is 2. The Balaban J connectivity index is 2.21. The van der Waals surface area contributed by atoms with Crippen molar-refractivity contribution >= 4 is 5.91 Å². The topological polar surface area (TPSA) is 86.2 Å². The molecule has 1 amide bonds. The average Bonchev–Trinajstić information content (AvgIpc) is 3.20. The smallest absolute Gasteiger partial charge is 0.220 e. The fraction of sp³-hybridized carbons (Fsp3) is 0.480. The Morgan fingerprint density at radius 1 is 0.781 bits per heavy atom. The van der Waals surface area contributed by atoms with E-state index in [1.165, 1.54) is 0 Å². The highest BCUT2D eigenvalue weighted by atomic mass is 16.5. The maximum Gasteiger partial charge on any atom is 0.220 e. The van der Waals surface area contributed by atoms with E-state index in [2.05, 4.69) is 5.32 Å². The molecule has 0 aromatic heterocycles. The maximum atomic E-state index is 12.3. The van der Waals surface area contributed by atoms with Crippen LogP contribution >= 0.6 is 0 Å². The summed E-state index contributed by atoms with van der Waals surface area (Å²) >= 11 is 0. The van der Waals surface area contributed by atoms with Gasteiger partial charge in [-0.15, -0.1) is 0 Å². The molecule has 2 N–H and O–H groups in total. The van der Waals surface area contributed by atoms with Crippen molar-refractivity contribution in [3.05, 3.63) is 47.5 Å². The number of aliphatic hydroxyl groups is 1. The number of benzene rings is 2. The van der Waals surface area contributed by atoms with Gasteiger partial charge in [0.1, 0.15) is 28.6 Å². The minimum absolute atomic E-state index is 0.0922. The Hall–Kier alpha value is -2.93. The zero-order valence-corrected chi connectivity index (χ0v) is 19.3. The van der Waals surface area contributed by atoms with Crippen molar-refractivity contribution in [1.82, 2.24) is 5.32 Å². The SMILES string of the molecule is CCOc1cc(OCC)cc(C(O)(c2cc(OCC)cc(OCC)c2)[C@@H]2CCC(=O)N2)c1. The lowest BCUT2D eigenvalue weighted by Crippen LogP contribution is -2.47. The van der Waals surface area contributed by atoms with Gasteiger partial charge in [-0.2, -0.15) is 0 Å². The van der Waals surface area contributed by atoms with E-state index in [0.29, 0.717) is 73.4 Å². The zero-order valence-electron chi connectivity index (χ0n) is 19.3. The molecule has 1 heterocycles. The molecule has 1 saturated heterocycles. The van der Waals surface area contributed by atoms with E-state index in [1.807, 2.05) is 27.7 Å². The van der Waals surface area contributed by atoms with Gasteiger partial charge in [-0.1, -0.05) is 0 Å². The van der Waals surface area contributed by atoms with Gasteiger partial charge in [0, 0.05) is 18.6 Å². The summed E-state index contributed by atoms with van der Waals surface area (Å²) in [7, 11) is 0. The predicted molar refractivity (Wildman–Crippen MR) is 122 cm³/mol. The molecule has 2 aromatic carbocycles. The molecule has 0 radical (unpaired) electrons. The fourth-order valence-electron chi connectivity index (χ4n) is 4.08. The molecule has 0 saturated carbocycles. The lowest BCUT2D eigenvalue weighted by Gasteiger charge is -2.36. The second-order valence-corrected chi connectivity index (χ2v) is 7.54. The van der Waals surface area contributed by atoms with Gasteiger partial charge < -0.3 is 29.4 Å². The van der Waals surface area contributed by atoms with Crippen LogP contribution in [-0.2, 0) is 10.4 Å². The first kappa shape index (κ1) is 23.7. The van der Waals surface area contributed by atoms with Crippen LogP contribution in [0, 0.1) is 0 Å². The van der Waals surface area contributed by atoms with Crippen LogP contribution in [0.4, 0.5) is 0 Å². The molecular weight excluding hydrogens is 410 g/mol. The van der Waals surface area contributed by atoms with Crippen LogP contribution in [0.5, 0.6) is 23.0 Å². The van der Waals surface area contributed by atoms with Gasteiger partial charge in [0.05, 0.1) is 32.5 Å². The van der Waals surface area contributed by atoms with Crippen molar-refractivity contribution in [2.45, 2.75) is 52.2 Å². The number of rotatable bonds is 11. The summed E-state index contributed by atoms with van der Waals surface area (Å²) < 4.78 is 23.0. The first-order chi connectivity index (χ1) is 15.4. The van der Waals surface area contributed by atoms with Crippen LogP contribution in [0.15, 0.2) is 36.4 Å². The molecule has 0 spiro atoms. The normalized spacial score (nSPS) is 15.9. The van der Waals surface area contributed by atoms with Gasteiger partial charge >= 0.3 is 0 Å². The molecule has 7 heteroatoms. The van der Waals surface area contributed by atoms with Crippen molar-refractivity contribution in [3.63, 3.8) is 0 Å². The van der Waals surface area contributed by atoms with Gasteiger partial charge in [0.15, 0.2) is 0 Å². The summed E-state index contributed by atoms with van der Waals surface area (Å²) in [5, 5.41) is 15.3. The number of nitrogens with one attached hydrogen (secondary N) is 1. The predicted octanol–water partition coefficient (Wildman–Crippen LogP) is 3.80. The minimum Gasteiger partial charge on any atom is -0.494 e. The van der Waals surface area contributed by atoms with Crippen molar-refractivity contribution in [1.29, 1.82) is 0 Å². The average molecular weight is 444 g/mol. The zero-order chi connectivity index (χ0) is 23.1. The number of carbonyl (C=O) groups excluding carboxylic acids is 1. The third-order valence-corrected chi connectivity index (χ3v) is 5.38. The Morgan fingerprint density at radius 2 is 1.16 bits per heavy atom. The van der Waals surface area contributed by atoms with E-state index in [9.17, 15) is 9.90 Å². The van der Waals surface area contributed by atoms with E-state index in [1.54, 1.807) is 36.4 Å². The molecular formula is C25H33NO6. The van der Waals surface area contributed by atoms with Gasteiger partial charge in [-0.25, -0.2) is 0 Å². The van der Waals surface area contributed by atoms with E-state index < -0.39 is 11.6 Å². The van der Waals surface area contributed by atoms with Crippen molar-refractivity contribution in [2.75, 3.05) is 26.4 Å². The summed E-state index contributed by atoms with van der Waals surface area (Å²) in [6, 6.07) is 10.2. The lowest BCUT2D eigenvalue weighted by molar-refractivity contribution is -0.120. The number of hydrogen-bond acceptors (Lipinski definition) is 6. The van der Waals surface area contributed by atoms with E-state index in [0.717, 1.165) is 0 Å². The summed E-state index contributed by atoms with van der Waals surface area (Å²) in [5.41, 5.74) is -0.422. The molecule has 1 fully saturated rings. The van der Waals surface area contributed by atoms with Gasteiger partial charge in [0.2, 0.25) is 5.91 Å². The molecule has 0 bridgehead atoms. The Morgan fingerprint density at radius 3 is 1.44 bits per heavy atom. The Labute approximate surface area is 189 Å². The molecule has 32 heavy (non-hydrogen) atoms. The molecule has 1 aliphatic rings. The second kappa shape index (κ2) is 10.6. The van der Waals surface area contributed by atoms with Crippen molar-refractivity contribution < 1.29 is 28.8 Å². The van der Waals surface area contributed by atoms with E-state index in [-0.39, 0.29) is 5.91 Å². The van der Waals surface area contributed by atoms with Gasteiger partial charge in [-0.3, -0.25) is 4.79 Å². The second-order valence-electron chi connectivity index (χ2n) is 7.54. The largest absolute Gasteiger partial charge is 0.494 e. The Kier molecular flexibility index (Phi) is 7.85. The molecule has 2 aromatic rings. The van der Waals surface area contributed by atoms with Crippen LogP contribution in [0.2, 0.25) is 0 Å². The van der Waals surface area contributed by atoms with E-state index >= 15 is 0 Å². The highest BCUT2D eigenvalue weighted by Crippen LogP contribution is 2.42. The monoisotopic (exact) mass is 443 g/mol. The van der Waals surface area contributed by atoms with Crippen molar-refractivity contribution in [2.24, 2.45) is 0 Å². The third kappa shape index (κ3) is 5.10. The first-order valence-corrected chi connectivity index (χ1v) is 11.3. The quantitative estimate of drug-likeness (QED) is 0.550. The number of ether oxygens (including phenoxy) is 4. The Bertz CT molecular complexity index is 821. The summed E-state index contributed by atoms with van der Waals surface area (Å²) in [4.78, 5) is 12.1. The highest BCUT2D eigenvalue weighted by Gasteiger charge is 2.45. The standard InChI is InChI=1S/C25H33NO6/c1-5-29-19-11-17(12-20(15-19)30-6-2)25(28,23-9-10-24(27)26-23)18-13-21(31-7-3)16-22(14-18)32-8-4/h11-16,23,28H,5-10H2,1-4H3,(H,26,27)/t23-/m0/s1. The van der Waals surface area contributed by atoms with E-state index in [4.69, 9.17) is 18.9 Å². The van der Waals surface area contributed by atoms with Crippen LogP contribution < -0.4 is 24.3 Å². The van der Waals surface area contributed by atoms with Crippen LogP contribution in [0.3, 0.4) is 0 Å². The lowest BCUT2D eigenvalue weighted by atomic mass is 9.79. The molecule has 0 unspecified atom stereocenters. The summed E-state index contributed by atoms with van der Waals surface area (Å²) in [6.07, 6.45) is 0.834. The van der Waals surface area contributed by atoms with Crippen LogP contribution in [0.1, 0.15) is 51.7 Å². The molecule has 0 aliphatic carbocycles. The third-order valence-electron chi connectivity index (χ3n) is 5.38. The minimum atomic E-state index is -1.55. The molecule has 3 rings (SSSR count). The maximum absolute atomic E-state index is 12.3. The fourth-order valence-corrected chi connectivity index (χ4v) is 4.08. The van der Waals surface area contributed by atoms with Crippen LogP contribution in [0.25, 0.3) is 0 Å². The molecule has 1 atom stereocenters. The number of carbonyl (C=O) groups is 1. The summed E-state index contributed by atoms with van der Waals surface area (Å²) in [5.74, 6) is 2.25. The molecule has 1 aliphatic heterocycles. The molecule has 174 valence electrons.